The molecule has 4 nitrogen and oxygen atoms in total. The summed E-state index contributed by atoms with van der Waals surface area (Å²) in [6.07, 6.45) is -4.83. The van der Waals surface area contributed by atoms with Gasteiger partial charge in [-0.25, -0.2) is 0 Å². The summed E-state index contributed by atoms with van der Waals surface area (Å²) >= 11 is 0. The number of nitrogen functional groups attached to an aromatic ring is 1. The molecule has 0 radical (unpaired) electrons. The summed E-state index contributed by atoms with van der Waals surface area (Å²) in [7, 11) is 0. The van der Waals surface area contributed by atoms with Crippen LogP contribution in [0.1, 0.15) is 5.56 Å². The number of anilines is 1. The number of nitrogens with two attached hydrogens (primary N) is 1. The number of hydrogen-bond acceptors (Lipinski definition) is 3. The van der Waals surface area contributed by atoms with Gasteiger partial charge in [-0.2, -0.15) is 17.6 Å². The molecule has 0 aromatic heterocycles. The first-order valence-corrected chi connectivity index (χ1v) is 3.54. The second-order valence-electron chi connectivity index (χ2n) is 2.65. The first kappa shape index (κ1) is 11.2. The number of rotatable bonds is 1. The molecule has 1 rings (SSSR count). The van der Waals surface area contributed by atoms with Crippen molar-refractivity contribution in [3.8, 4) is 0 Å². The lowest BCUT2D eigenvalue weighted by Crippen LogP contribution is -2.10. The molecular weight excluding hydrogens is 220 g/mol. The van der Waals surface area contributed by atoms with Crippen LogP contribution in [0.3, 0.4) is 0 Å². The Hall–Kier alpha value is -1.86. The van der Waals surface area contributed by atoms with Crippen LogP contribution in [0.4, 0.5) is 28.9 Å². The molecule has 1 aromatic carbocycles. The van der Waals surface area contributed by atoms with E-state index in [4.69, 9.17) is 5.73 Å². The molecule has 0 bridgehead atoms. The number of benzene rings is 1. The van der Waals surface area contributed by atoms with Gasteiger partial charge in [-0.05, 0) is 6.07 Å². The molecule has 0 aliphatic heterocycles. The average molecular weight is 224 g/mol. The number of nitro groups is 1. The number of halogens is 4. The average Bonchev–Trinajstić information content (AvgIpc) is 2.06. The third kappa shape index (κ3) is 2.14. The highest BCUT2D eigenvalue weighted by molar-refractivity contribution is 5.55. The van der Waals surface area contributed by atoms with Crippen LogP contribution in [0.2, 0.25) is 0 Å². The Morgan fingerprint density at radius 1 is 1.33 bits per heavy atom. The Kier molecular flexibility index (Phi) is 2.52. The van der Waals surface area contributed by atoms with Gasteiger partial charge in [-0.1, -0.05) is 0 Å². The molecule has 2 N–H and O–H groups in total. The van der Waals surface area contributed by atoms with Gasteiger partial charge in [-0.3, -0.25) is 10.1 Å². The van der Waals surface area contributed by atoms with E-state index >= 15 is 0 Å². The Morgan fingerprint density at radius 2 is 1.87 bits per heavy atom. The number of hydrogen-bond donors (Lipinski definition) is 1. The van der Waals surface area contributed by atoms with Gasteiger partial charge in [0.1, 0.15) is 0 Å². The van der Waals surface area contributed by atoms with Gasteiger partial charge in [0.15, 0.2) is 0 Å². The van der Waals surface area contributed by atoms with Crippen LogP contribution in [0.15, 0.2) is 12.1 Å². The molecular formula is C7H4F4N2O2. The predicted molar refractivity (Wildman–Crippen MR) is 42.5 cm³/mol. The summed E-state index contributed by atoms with van der Waals surface area (Å²) < 4.78 is 49.2. The van der Waals surface area contributed by atoms with Gasteiger partial charge in [0.2, 0.25) is 5.82 Å². The molecule has 0 heterocycles. The maximum absolute atomic E-state index is 12.8. The van der Waals surface area contributed by atoms with Crippen molar-refractivity contribution in [3.05, 3.63) is 33.6 Å². The zero-order valence-electron chi connectivity index (χ0n) is 7.01. The van der Waals surface area contributed by atoms with Crippen LogP contribution in [0.25, 0.3) is 0 Å². The monoisotopic (exact) mass is 224 g/mol. The predicted octanol–water partition coefficient (Wildman–Crippen LogP) is 2.33. The second kappa shape index (κ2) is 3.37. The van der Waals surface area contributed by atoms with Gasteiger partial charge in [0.05, 0.1) is 16.2 Å². The maximum Gasteiger partial charge on any atom is 0.418 e. The van der Waals surface area contributed by atoms with Gasteiger partial charge in [0.25, 0.3) is 0 Å². The first-order valence-electron chi connectivity index (χ1n) is 3.54. The van der Waals surface area contributed by atoms with Crippen LogP contribution in [-0.2, 0) is 6.18 Å². The summed E-state index contributed by atoms with van der Waals surface area (Å²) in [5.41, 5.74) is 1.54. The van der Waals surface area contributed by atoms with Crippen molar-refractivity contribution in [1.82, 2.24) is 0 Å². The zero-order valence-corrected chi connectivity index (χ0v) is 7.01. The Balaban J connectivity index is 3.39. The van der Waals surface area contributed by atoms with E-state index in [1.165, 1.54) is 0 Å². The van der Waals surface area contributed by atoms with Crippen LogP contribution < -0.4 is 5.73 Å². The van der Waals surface area contributed by atoms with E-state index in [0.29, 0.717) is 6.07 Å². The molecule has 0 saturated heterocycles. The molecule has 0 aliphatic rings. The standard InChI is InChI=1S/C7H4F4N2O2/c8-4-1-3(7(9,10)11)5(12)2-6(4)13(14)15/h1-2H,12H2. The summed E-state index contributed by atoms with van der Waals surface area (Å²) in [5, 5.41) is 10.2. The third-order valence-electron chi connectivity index (χ3n) is 1.62. The molecule has 0 spiro atoms. The van der Waals surface area contributed by atoms with E-state index in [2.05, 4.69) is 0 Å². The molecule has 0 saturated carbocycles. The maximum atomic E-state index is 12.8. The van der Waals surface area contributed by atoms with Gasteiger partial charge < -0.3 is 5.73 Å². The smallest absolute Gasteiger partial charge is 0.398 e. The molecule has 0 amide bonds. The summed E-state index contributed by atoms with van der Waals surface area (Å²) in [5.74, 6) is -1.57. The fourth-order valence-corrected chi connectivity index (χ4v) is 0.963. The molecule has 0 unspecified atom stereocenters. The second-order valence-corrected chi connectivity index (χ2v) is 2.65. The highest BCUT2D eigenvalue weighted by Gasteiger charge is 2.35. The SMILES string of the molecule is Nc1cc([N+](=O)[O-])c(F)cc1C(F)(F)F. The number of alkyl halides is 3. The quantitative estimate of drug-likeness (QED) is 0.344. The molecule has 8 heteroatoms. The van der Waals surface area contributed by atoms with Gasteiger partial charge >= 0.3 is 11.9 Å². The van der Waals surface area contributed by atoms with Gasteiger partial charge in [-0.15, -0.1) is 0 Å². The molecule has 15 heavy (non-hydrogen) atoms. The first-order chi connectivity index (χ1) is 6.73. The number of nitrogens with zero attached hydrogens (tertiary/aromatic N) is 1. The highest BCUT2D eigenvalue weighted by atomic mass is 19.4. The summed E-state index contributed by atoms with van der Waals surface area (Å²) in [6.45, 7) is 0. The summed E-state index contributed by atoms with van der Waals surface area (Å²) in [4.78, 5) is 9.02. The summed E-state index contributed by atoms with van der Waals surface area (Å²) in [6, 6.07) is 0.353. The fourth-order valence-electron chi connectivity index (χ4n) is 0.963. The topological polar surface area (TPSA) is 69.2 Å². The molecule has 0 fully saturated rings. The van der Waals surface area contributed by atoms with E-state index in [9.17, 15) is 27.7 Å². The molecule has 1 aromatic rings. The normalized spacial score (nSPS) is 11.5. The van der Waals surface area contributed by atoms with Crippen molar-refractivity contribution in [2.75, 3.05) is 5.73 Å². The molecule has 0 aliphatic carbocycles. The lowest BCUT2D eigenvalue weighted by atomic mass is 10.1. The van der Waals surface area contributed by atoms with Crippen molar-refractivity contribution < 1.29 is 22.5 Å². The Morgan fingerprint density at radius 3 is 2.27 bits per heavy atom. The van der Waals surface area contributed by atoms with Gasteiger partial charge in [0, 0.05) is 6.07 Å². The van der Waals surface area contributed by atoms with Crippen molar-refractivity contribution in [1.29, 1.82) is 0 Å². The largest absolute Gasteiger partial charge is 0.418 e. The zero-order chi connectivity index (χ0) is 11.8. The van der Waals surface area contributed by atoms with E-state index in [1.54, 1.807) is 0 Å². The fraction of sp³-hybridized carbons (Fsp3) is 0.143. The van der Waals surface area contributed by atoms with Crippen molar-refractivity contribution in [2.45, 2.75) is 6.18 Å². The number of nitro benzene ring substituents is 1. The Bertz CT molecular complexity index is 416. The van der Waals surface area contributed by atoms with Crippen molar-refractivity contribution in [3.63, 3.8) is 0 Å². The Labute approximate surface area is 80.5 Å². The minimum atomic E-state index is -4.83. The van der Waals surface area contributed by atoms with Crippen LogP contribution in [0, 0.1) is 15.9 Å². The van der Waals surface area contributed by atoms with E-state index in [1.807, 2.05) is 0 Å². The van der Waals surface area contributed by atoms with Crippen molar-refractivity contribution in [2.24, 2.45) is 0 Å². The van der Waals surface area contributed by atoms with Crippen LogP contribution in [-0.4, -0.2) is 4.92 Å². The van der Waals surface area contributed by atoms with E-state index in [-0.39, 0.29) is 6.07 Å². The van der Waals surface area contributed by atoms with Crippen molar-refractivity contribution >= 4 is 11.4 Å². The lowest BCUT2D eigenvalue weighted by molar-refractivity contribution is -0.387. The third-order valence-corrected chi connectivity index (χ3v) is 1.62. The molecule has 82 valence electrons. The van der Waals surface area contributed by atoms with Crippen LogP contribution >= 0.6 is 0 Å². The lowest BCUT2D eigenvalue weighted by Gasteiger charge is -2.09. The van der Waals surface area contributed by atoms with E-state index in [0.717, 1.165) is 0 Å². The minimum Gasteiger partial charge on any atom is -0.398 e. The highest BCUT2D eigenvalue weighted by Crippen LogP contribution is 2.36. The van der Waals surface area contributed by atoms with E-state index < -0.39 is 33.9 Å². The van der Waals surface area contributed by atoms with Crippen LogP contribution in [0.5, 0.6) is 0 Å². The minimum absolute atomic E-state index is 0.00741. The molecule has 0 atom stereocenters.